The Morgan fingerprint density at radius 1 is 1.53 bits per heavy atom. The Morgan fingerprint density at radius 3 is 3.07 bits per heavy atom. The molecule has 1 aromatic carbocycles. The Hall–Kier alpha value is -0.870. The van der Waals surface area contributed by atoms with Gasteiger partial charge in [-0.15, -0.1) is 0 Å². The van der Waals surface area contributed by atoms with Crippen LogP contribution in [0.15, 0.2) is 22.7 Å². The first kappa shape index (κ1) is 10.6. The Balaban J connectivity index is 2.21. The van der Waals surface area contributed by atoms with Crippen molar-refractivity contribution in [1.29, 1.82) is 0 Å². The van der Waals surface area contributed by atoms with Crippen LogP contribution in [0.2, 0.25) is 0 Å². The molecule has 0 amide bonds. The van der Waals surface area contributed by atoms with Crippen LogP contribution in [0.4, 0.5) is 0 Å². The second-order valence-electron chi connectivity index (χ2n) is 3.38. The first-order valence-corrected chi connectivity index (χ1v) is 5.58. The summed E-state index contributed by atoms with van der Waals surface area (Å²) in [5.74, 6) is 0.614. The molecule has 80 valence electrons. The van der Waals surface area contributed by atoms with E-state index in [2.05, 4.69) is 15.9 Å². The lowest BCUT2D eigenvalue weighted by Gasteiger charge is -2.14. The molecule has 0 saturated carbocycles. The molecule has 2 rings (SSSR count). The summed E-state index contributed by atoms with van der Waals surface area (Å²) >= 11 is 3.37. The highest BCUT2D eigenvalue weighted by Crippen LogP contribution is 2.30. The van der Waals surface area contributed by atoms with Crippen molar-refractivity contribution in [3.63, 3.8) is 0 Å². The van der Waals surface area contributed by atoms with Crippen molar-refractivity contribution in [3.05, 3.63) is 28.2 Å². The van der Waals surface area contributed by atoms with Crippen molar-refractivity contribution >= 4 is 22.2 Å². The highest BCUT2D eigenvalue weighted by atomic mass is 79.9. The SMILES string of the molecule is O=Cc1cccc(Br)c1OC1CCOC1. The lowest BCUT2D eigenvalue weighted by Crippen LogP contribution is -2.16. The van der Waals surface area contributed by atoms with Gasteiger partial charge >= 0.3 is 0 Å². The van der Waals surface area contributed by atoms with Gasteiger partial charge in [0.1, 0.15) is 11.9 Å². The minimum absolute atomic E-state index is 0.0578. The average Bonchev–Trinajstić information content (AvgIpc) is 2.74. The summed E-state index contributed by atoms with van der Waals surface area (Å²) < 4.78 is 11.7. The van der Waals surface area contributed by atoms with Crippen molar-refractivity contribution in [2.45, 2.75) is 12.5 Å². The number of ether oxygens (including phenoxy) is 2. The van der Waals surface area contributed by atoms with Gasteiger partial charge in [-0.3, -0.25) is 4.79 Å². The zero-order chi connectivity index (χ0) is 10.7. The van der Waals surface area contributed by atoms with Crippen LogP contribution in [0.25, 0.3) is 0 Å². The summed E-state index contributed by atoms with van der Waals surface area (Å²) in [6.45, 7) is 1.32. The minimum atomic E-state index is 0.0578. The Bertz CT molecular complexity index is 359. The number of hydrogen-bond donors (Lipinski definition) is 0. The average molecular weight is 271 g/mol. The van der Waals surface area contributed by atoms with Crippen LogP contribution < -0.4 is 4.74 Å². The molecule has 0 N–H and O–H groups in total. The molecular weight excluding hydrogens is 260 g/mol. The Kier molecular flexibility index (Phi) is 3.38. The highest BCUT2D eigenvalue weighted by Gasteiger charge is 2.19. The topological polar surface area (TPSA) is 35.5 Å². The van der Waals surface area contributed by atoms with Gasteiger partial charge in [0.2, 0.25) is 0 Å². The van der Waals surface area contributed by atoms with E-state index in [0.717, 1.165) is 23.8 Å². The monoisotopic (exact) mass is 270 g/mol. The molecule has 1 fully saturated rings. The van der Waals surface area contributed by atoms with Crippen LogP contribution in [-0.2, 0) is 4.74 Å². The van der Waals surface area contributed by atoms with Crippen LogP contribution in [-0.4, -0.2) is 25.6 Å². The lowest BCUT2D eigenvalue weighted by atomic mass is 10.2. The lowest BCUT2D eigenvalue weighted by molar-refractivity contribution is 0.111. The van der Waals surface area contributed by atoms with E-state index in [1.807, 2.05) is 12.1 Å². The number of carbonyl (C=O) groups excluding carboxylic acids is 1. The van der Waals surface area contributed by atoms with E-state index in [1.165, 1.54) is 0 Å². The molecule has 1 atom stereocenters. The number of hydrogen-bond acceptors (Lipinski definition) is 3. The zero-order valence-corrected chi connectivity index (χ0v) is 9.70. The van der Waals surface area contributed by atoms with E-state index in [4.69, 9.17) is 9.47 Å². The molecule has 0 aliphatic carbocycles. The second-order valence-corrected chi connectivity index (χ2v) is 4.23. The maximum absolute atomic E-state index is 10.8. The van der Waals surface area contributed by atoms with Gasteiger partial charge in [0.05, 0.1) is 23.2 Å². The molecule has 1 aromatic rings. The molecule has 3 nitrogen and oxygen atoms in total. The van der Waals surface area contributed by atoms with Gasteiger partial charge in [-0.2, -0.15) is 0 Å². The number of para-hydroxylation sites is 1. The number of halogens is 1. The Labute approximate surface area is 96.5 Å². The van der Waals surface area contributed by atoms with Gasteiger partial charge in [0.25, 0.3) is 0 Å². The first-order chi connectivity index (χ1) is 7.31. The van der Waals surface area contributed by atoms with E-state index < -0.39 is 0 Å². The molecule has 0 radical (unpaired) electrons. The van der Waals surface area contributed by atoms with Gasteiger partial charge in [-0.1, -0.05) is 6.07 Å². The van der Waals surface area contributed by atoms with Gasteiger partial charge in [0.15, 0.2) is 6.29 Å². The summed E-state index contributed by atoms with van der Waals surface area (Å²) in [4.78, 5) is 10.8. The van der Waals surface area contributed by atoms with Crippen molar-refractivity contribution in [1.82, 2.24) is 0 Å². The van der Waals surface area contributed by atoms with Gasteiger partial charge < -0.3 is 9.47 Å². The third kappa shape index (κ3) is 2.38. The quantitative estimate of drug-likeness (QED) is 0.792. The molecule has 1 saturated heterocycles. The van der Waals surface area contributed by atoms with Crippen LogP contribution in [0, 0.1) is 0 Å². The minimum Gasteiger partial charge on any atom is -0.486 e. The summed E-state index contributed by atoms with van der Waals surface area (Å²) in [5.41, 5.74) is 0.566. The third-order valence-corrected chi connectivity index (χ3v) is 2.92. The van der Waals surface area contributed by atoms with Crippen LogP contribution in [0.3, 0.4) is 0 Å². The third-order valence-electron chi connectivity index (χ3n) is 2.30. The van der Waals surface area contributed by atoms with Crippen LogP contribution in [0.5, 0.6) is 5.75 Å². The fraction of sp³-hybridized carbons (Fsp3) is 0.364. The predicted molar refractivity (Wildman–Crippen MR) is 59.4 cm³/mol. The standard InChI is InChI=1S/C11H11BrO3/c12-10-3-1-2-8(6-13)11(10)15-9-4-5-14-7-9/h1-3,6,9H,4-5,7H2. The van der Waals surface area contributed by atoms with E-state index in [1.54, 1.807) is 6.07 Å². The van der Waals surface area contributed by atoms with E-state index >= 15 is 0 Å². The first-order valence-electron chi connectivity index (χ1n) is 4.79. The second kappa shape index (κ2) is 4.77. The highest BCUT2D eigenvalue weighted by molar-refractivity contribution is 9.10. The summed E-state index contributed by atoms with van der Waals surface area (Å²) in [6, 6.07) is 5.41. The van der Waals surface area contributed by atoms with Crippen molar-refractivity contribution < 1.29 is 14.3 Å². The van der Waals surface area contributed by atoms with E-state index in [9.17, 15) is 4.79 Å². The summed E-state index contributed by atoms with van der Waals surface area (Å²) in [5, 5.41) is 0. The van der Waals surface area contributed by atoms with E-state index in [-0.39, 0.29) is 6.10 Å². The number of carbonyl (C=O) groups is 1. The molecule has 0 bridgehead atoms. The molecule has 0 spiro atoms. The number of aldehydes is 1. The van der Waals surface area contributed by atoms with Gasteiger partial charge in [0, 0.05) is 6.42 Å². The van der Waals surface area contributed by atoms with Gasteiger partial charge in [-0.25, -0.2) is 0 Å². The smallest absolute Gasteiger partial charge is 0.153 e. The predicted octanol–water partition coefficient (Wildman–Crippen LogP) is 2.43. The van der Waals surface area contributed by atoms with Crippen LogP contribution in [0.1, 0.15) is 16.8 Å². The molecule has 1 unspecified atom stereocenters. The molecular formula is C11H11BrO3. The maximum Gasteiger partial charge on any atom is 0.153 e. The van der Waals surface area contributed by atoms with Gasteiger partial charge in [-0.05, 0) is 28.1 Å². The Morgan fingerprint density at radius 2 is 2.40 bits per heavy atom. The fourth-order valence-electron chi connectivity index (χ4n) is 1.52. The summed E-state index contributed by atoms with van der Waals surface area (Å²) in [6.07, 6.45) is 1.73. The normalized spacial score (nSPS) is 20.2. The van der Waals surface area contributed by atoms with Crippen molar-refractivity contribution in [2.24, 2.45) is 0 Å². The molecule has 0 aromatic heterocycles. The largest absolute Gasteiger partial charge is 0.486 e. The summed E-state index contributed by atoms with van der Waals surface area (Å²) in [7, 11) is 0. The molecule has 4 heteroatoms. The fourth-order valence-corrected chi connectivity index (χ4v) is 1.99. The van der Waals surface area contributed by atoms with Crippen molar-refractivity contribution in [3.8, 4) is 5.75 Å². The zero-order valence-electron chi connectivity index (χ0n) is 8.11. The molecule has 15 heavy (non-hydrogen) atoms. The maximum atomic E-state index is 10.8. The molecule has 1 heterocycles. The van der Waals surface area contributed by atoms with Crippen molar-refractivity contribution in [2.75, 3.05) is 13.2 Å². The number of rotatable bonds is 3. The molecule has 1 aliphatic rings. The van der Waals surface area contributed by atoms with E-state index in [0.29, 0.717) is 17.9 Å². The molecule has 1 aliphatic heterocycles. The van der Waals surface area contributed by atoms with Crippen LogP contribution >= 0.6 is 15.9 Å². The number of benzene rings is 1.